The van der Waals surface area contributed by atoms with E-state index in [0.717, 1.165) is 5.01 Å². The molecule has 5 nitrogen and oxygen atoms in total. The standard InChI is InChI=1S/C19H17N3O2Se/c20-13(12-25-14-6-2-1-3-7-14)11-22(21)17-10-18(23)15-8-4-5-9-16(15)19(17)24/h1-11H,12,20-21H2/b13-11-. The van der Waals surface area contributed by atoms with Gasteiger partial charge in [-0.05, 0) is 0 Å². The van der Waals surface area contributed by atoms with Crippen molar-refractivity contribution in [2.45, 2.75) is 5.32 Å². The molecule has 0 bridgehead atoms. The second-order valence-electron chi connectivity index (χ2n) is 5.48. The number of fused-ring (bicyclic) bond motifs is 1. The van der Waals surface area contributed by atoms with Gasteiger partial charge < -0.3 is 0 Å². The molecule has 0 radical (unpaired) electrons. The van der Waals surface area contributed by atoms with Gasteiger partial charge in [0.25, 0.3) is 0 Å². The third kappa shape index (κ3) is 3.88. The Kier molecular flexibility index (Phi) is 5.14. The number of Topliss-reactive ketones (excluding diaryl/α,β-unsaturated/α-hetero) is 1. The van der Waals surface area contributed by atoms with Crippen LogP contribution in [0, 0.1) is 0 Å². The Morgan fingerprint density at radius 1 is 1.00 bits per heavy atom. The molecule has 0 heterocycles. The molecule has 3 rings (SSSR count). The second-order valence-corrected chi connectivity index (χ2v) is 7.68. The zero-order valence-corrected chi connectivity index (χ0v) is 15.1. The SMILES string of the molecule is N/C(=C\N(N)C1=CC(=O)c2ccccc2C1=O)C[Se]c1ccccc1. The predicted molar refractivity (Wildman–Crippen MR) is 98.1 cm³/mol. The summed E-state index contributed by atoms with van der Waals surface area (Å²) in [6, 6.07) is 16.8. The van der Waals surface area contributed by atoms with E-state index < -0.39 is 0 Å². The third-order valence-electron chi connectivity index (χ3n) is 3.67. The van der Waals surface area contributed by atoms with Crippen LogP contribution in [0.5, 0.6) is 0 Å². The summed E-state index contributed by atoms with van der Waals surface area (Å²) in [6.45, 7) is 0. The Labute approximate surface area is 152 Å². The molecule has 0 saturated carbocycles. The zero-order valence-electron chi connectivity index (χ0n) is 13.4. The molecular formula is C19H17N3O2Se. The summed E-state index contributed by atoms with van der Waals surface area (Å²) in [7, 11) is 0. The Hall–Kier alpha value is -2.66. The molecule has 0 aromatic heterocycles. The summed E-state index contributed by atoms with van der Waals surface area (Å²) in [5, 5.41) is 1.81. The van der Waals surface area contributed by atoms with Crippen LogP contribution in [-0.4, -0.2) is 31.5 Å². The van der Waals surface area contributed by atoms with Gasteiger partial charge in [0.15, 0.2) is 0 Å². The minimum atomic E-state index is -0.282. The first-order chi connectivity index (χ1) is 12.1. The number of carbonyl (C=O) groups is 2. The number of carbonyl (C=O) groups excluding carboxylic acids is 2. The quantitative estimate of drug-likeness (QED) is 0.451. The van der Waals surface area contributed by atoms with Gasteiger partial charge in [-0.2, -0.15) is 0 Å². The zero-order chi connectivity index (χ0) is 17.8. The fourth-order valence-corrected chi connectivity index (χ4v) is 4.05. The van der Waals surface area contributed by atoms with E-state index in [2.05, 4.69) is 12.1 Å². The van der Waals surface area contributed by atoms with E-state index in [0.29, 0.717) is 22.1 Å². The fourth-order valence-electron chi connectivity index (χ4n) is 2.46. The molecule has 0 unspecified atom stereocenters. The van der Waals surface area contributed by atoms with Gasteiger partial charge >= 0.3 is 152 Å². The number of rotatable bonds is 5. The maximum absolute atomic E-state index is 12.6. The van der Waals surface area contributed by atoms with Crippen molar-refractivity contribution in [1.29, 1.82) is 0 Å². The Morgan fingerprint density at radius 3 is 2.36 bits per heavy atom. The van der Waals surface area contributed by atoms with Crippen LogP contribution in [-0.2, 0) is 0 Å². The van der Waals surface area contributed by atoms with Crippen LogP contribution in [0.25, 0.3) is 0 Å². The topological polar surface area (TPSA) is 89.4 Å². The first-order valence-corrected chi connectivity index (χ1v) is 9.71. The molecule has 1 aliphatic rings. The van der Waals surface area contributed by atoms with E-state index in [-0.39, 0.29) is 32.2 Å². The monoisotopic (exact) mass is 399 g/mol. The van der Waals surface area contributed by atoms with Crippen LogP contribution in [0.1, 0.15) is 20.7 Å². The van der Waals surface area contributed by atoms with Crippen LogP contribution in [0.2, 0.25) is 5.32 Å². The van der Waals surface area contributed by atoms with Gasteiger partial charge in [-0.15, -0.1) is 0 Å². The van der Waals surface area contributed by atoms with Gasteiger partial charge in [-0.3, -0.25) is 0 Å². The number of nitrogens with zero attached hydrogens (tertiary/aromatic N) is 1. The average Bonchev–Trinajstić information content (AvgIpc) is 2.64. The van der Waals surface area contributed by atoms with Crippen molar-refractivity contribution in [2.75, 3.05) is 0 Å². The number of hydrazine groups is 1. The van der Waals surface area contributed by atoms with Crippen LogP contribution < -0.4 is 16.0 Å². The van der Waals surface area contributed by atoms with Gasteiger partial charge in [-0.25, -0.2) is 0 Å². The first-order valence-electron chi connectivity index (χ1n) is 7.64. The fraction of sp³-hybridized carbons (Fsp3) is 0.0526. The summed E-state index contributed by atoms with van der Waals surface area (Å²) < 4.78 is 1.23. The molecule has 6 heteroatoms. The molecule has 0 atom stereocenters. The summed E-state index contributed by atoms with van der Waals surface area (Å²) >= 11 is 0.177. The van der Waals surface area contributed by atoms with Gasteiger partial charge in [0.05, 0.1) is 0 Å². The molecule has 1 aliphatic carbocycles. The number of nitrogens with two attached hydrogens (primary N) is 2. The number of hydrogen-bond donors (Lipinski definition) is 2. The van der Waals surface area contributed by atoms with Crippen LogP contribution >= 0.6 is 0 Å². The average molecular weight is 398 g/mol. The van der Waals surface area contributed by atoms with Crippen molar-refractivity contribution in [3.63, 3.8) is 0 Å². The molecule has 0 spiro atoms. The Morgan fingerprint density at radius 2 is 1.64 bits per heavy atom. The molecule has 0 aliphatic heterocycles. The van der Waals surface area contributed by atoms with E-state index in [1.807, 2.05) is 18.2 Å². The van der Waals surface area contributed by atoms with Gasteiger partial charge in [0.2, 0.25) is 0 Å². The van der Waals surface area contributed by atoms with Crippen molar-refractivity contribution in [3.05, 3.63) is 89.4 Å². The molecule has 0 fully saturated rings. The van der Waals surface area contributed by atoms with Gasteiger partial charge in [0, 0.05) is 0 Å². The van der Waals surface area contributed by atoms with Crippen LogP contribution in [0.15, 0.2) is 78.3 Å². The van der Waals surface area contributed by atoms with E-state index in [1.54, 1.807) is 24.3 Å². The maximum atomic E-state index is 12.6. The summed E-state index contributed by atoms with van der Waals surface area (Å²) in [4.78, 5) is 24.7. The molecule has 4 N–H and O–H groups in total. The Bertz CT molecular complexity index is 875. The van der Waals surface area contributed by atoms with Crippen LogP contribution in [0.4, 0.5) is 0 Å². The number of benzene rings is 2. The summed E-state index contributed by atoms with van der Waals surface area (Å²) in [5.74, 6) is 5.45. The third-order valence-corrected chi connectivity index (χ3v) is 5.94. The van der Waals surface area contributed by atoms with Gasteiger partial charge in [0.1, 0.15) is 0 Å². The van der Waals surface area contributed by atoms with Crippen molar-refractivity contribution in [1.82, 2.24) is 5.01 Å². The molecular weight excluding hydrogens is 381 g/mol. The van der Waals surface area contributed by atoms with E-state index in [1.165, 1.54) is 16.7 Å². The number of hydrogen-bond acceptors (Lipinski definition) is 5. The molecule has 2 aromatic rings. The van der Waals surface area contributed by atoms with Crippen molar-refractivity contribution >= 4 is 31.0 Å². The summed E-state index contributed by atoms with van der Waals surface area (Å²) in [6.07, 6.45) is 2.77. The van der Waals surface area contributed by atoms with Crippen molar-refractivity contribution in [2.24, 2.45) is 11.6 Å². The van der Waals surface area contributed by atoms with E-state index in [4.69, 9.17) is 11.6 Å². The molecule has 0 saturated heterocycles. The number of ketones is 2. The normalized spacial score (nSPS) is 14.1. The molecule has 126 valence electrons. The predicted octanol–water partition coefficient (Wildman–Crippen LogP) is 1.37. The van der Waals surface area contributed by atoms with Crippen LogP contribution in [0.3, 0.4) is 0 Å². The van der Waals surface area contributed by atoms with E-state index >= 15 is 0 Å². The minimum absolute atomic E-state index is 0.124. The second kappa shape index (κ2) is 7.49. The van der Waals surface area contributed by atoms with E-state index in [9.17, 15) is 9.59 Å². The molecule has 0 amide bonds. The number of allylic oxidation sites excluding steroid dienone is 3. The van der Waals surface area contributed by atoms with Crippen molar-refractivity contribution < 1.29 is 9.59 Å². The Balaban J connectivity index is 1.73. The van der Waals surface area contributed by atoms with Gasteiger partial charge in [-0.1, -0.05) is 0 Å². The first kappa shape index (κ1) is 17.2. The van der Waals surface area contributed by atoms with Crippen molar-refractivity contribution in [3.8, 4) is 0 Å². The summed E-state index contributed by atoms with van der Waals surface area (Å²) in [5.41, 5.74) is 7.48. The molecule has 25 heavy (non-hydrogen) atoms. The molecule has 2 aromatic carbocycles.